The molecule has 124 valence electrons. The Morgan fingerprint density at radius 3 is 2.33 bits per heavy atom. The first-order valence-corrected chi connectivity index (χ1v) is 7.90. The number of hydrogen-bond acceptors (Lipinski definition) is 3. The van der Waals surface area contributed by atoms with E-state index in [1.54, 1.807) is 36.4 Å². The van der Waals surface area contributed by atoms with E-state index in [2.05, 4.69) is 16.0 Å². The largest absolute Gasteiger partial charge is 0.332 e. The molecule has 2 amide bonds. The molecule has 0 bridgehead atoms. The van der Waals surface area contributed by atoms with E-state index in [1.165, 1.54) is 6.92 Å². The van der Waals surface area contributed by atoms with Crippen molar-refractivity contribution in [3.8, 4) is 0 Å². The zero-order valence-corrected chi connectivity index (χ0v) is 14.7. The summed E-state index contributed by atoms with van der Waals surface area (Å²) in [5.74, 6) is -0.493. The molecule has 2 rings (SSSR count). The molecule has 0 saturated carbocycles. The van der Waals surface area contributed by atoms with Gasteiger partial charge in [-0.15, -0.1) is 0 Å². The number of aryl methyl sites for hydroxylation is 1. The van der Waals surface area contributed by atoms with E-state index < -0.39 is 0 Å². The molecule has 2 aromatic rings. The molecule has 0 fully saturated rings. The molecule has 5 nitrogen and oxygen atoms in total. The number of carbonyl (C=O) groups excluding carboxylic acids is 2. The smallest absolute Gasteiger partial charge is 0.257 e. The Balaban J connectivity index is 2.03. The summed E-state index contributed by atoms with van der Waals surface area (Å²) in [6.45, 7) is 3.33. The minimum absolute atomic E-state index is 0.158. The summed E-state index contributed by atoms with van der Waals surface area (Å²) >= 11 is 10.9. The van der Waals surface area contributed by atoms with Gasteiger partial charge in [-0.2, -0.15) is 0 Å². The van der Waals surface area contributed by atoms with Crippen LogP contribution in [-0.4, -0.2) is 16.9 Å². The molecule has 0 aromatic heterocycles. The van der Waals surface area contributed by atoms with E-state index >= 15 is 0 Å². The van der Waals surface area contributed by atoms with Crippen molar-refractivity contribution in [2.75, 3.05) is 10.6 Å². The van der Waals surface area contributed by atoms with E-state index in [9.17, 15) is 9.59 Å². The SMILES string of the molecule is CC(=O)Nc1cc(NC(=S)NC(=O)c2ccc(Cl)cc2)ccc1C. The number of halogens is 1. The molecule has 3 N–H and O–H groups in total. The van der Waals surface area contributed by atoms with Crippen LogP contribution < -0.4 is 16.0 Å². The molecule has 0 unspecified atom stereocenters. The van der Waals surface area contributed by atoms with Crippen molar-refractivity contribution in [2.24, 2.45) is 0 Å². The summed E-state index contributed by atoms with van der Waals surface area (Å²) < 4.78 is 0. The maximum absolute atomic E-state index is 12.1. The molecular formula is C17H16ClN3O2S. The molecule has 0 aliphatic carbocycles. The molecule has 24 heavy (non-hydrogen) atoms. The fourth-order valence-corrected chi connectivity index (χ4v) is 2.30. The van der Waals surface area contributed by atoms with Crippen LogP contribution in [-0.2, 0) is 4.79 Å². The average Bonchev–Trinajstić information content (AvgIpc) is 2.50. The molecule has 2 aromatic carbocycles. The summed E-state index contributed by atoms with van der Waals surface area (Å²) in [5.41, 5.74) is 2.71. The summed E-state index contributed by atoms with van der Waals surface area (Å²) in [7, 11) is 0. The highest BCUT2D eigenvalue weighted by molar-refractivity contribution is 7.80. The van der Waals surface area contributed by atoms with Gasteiger partial charge in [0, 0.05) is 28.9 Å². The van der Waals surface area contributed by atoms with Gasteiger partial charge in [0.25, 0.3) is 5.91 Å². The highest BCUT2D eigenvalue weighted by atomic mass is 35.5. The van der Waals surface area contributed by atoms with Crippen molar-refractivity contribution in [1.82, 2.24) is 5.32 Å². The number of benzene rings is 2. The van der Waals surface area contributed by atoms with Crippen LogP contribution in [0.3, 0.4) is 0 Å². The lowest BCUT2D eigenvalue weighted by Gasteiger charge is -2.12. The fraction of sp³-hybridized carbons (Fsp3) is 0.118. The minimum atomic E-state index is -0.335. The van der Waals surface area contributed by atoms with Crippen LogP contribution in [0.4, 0.5) is 11.4 Å². The molecule has 0 aliphatic rings. The second kappa shape index (κ2) is 7.90. The van der Waals surface area contributed by atoms with E-state index in [0.29, 0.717) is 22.0 Å². The van der Waals surface area contributed by atoms with Crippen molar-refractivity contribution >= 4 is 52.1 Å². The second-order valence-corrected chi connectivity index (χ2v) is 5.97. The van der Waals surface area contributed by atoms with Crippen LogP contribution in [0.1, 0.15) is 22.8 Å². The van der Waals surface area contributed by atoms with Crippen LogP contribution in [0.5, 0.6) is 0 Å². The lowest BCUT2D eigenvalue weighted by Crippen LogP contribution is -2.34. The lowest BCUT2D eigenvalue weighted by molar-refractivity contribution is -0.114. The number of hydrogen-bond donors (Lipinski definition) is 3. The van der Waals surface area contributed by atoms with E-state index in [1.807, 2.05) is 13.0 Å². The van der Waals surface area contributed by atoms with Crippen LogP contribution >= 0.6 is 23.8 Å². The second-order valence-electron chi connectivity index (χ2n) is 5.13. The first kappa shape index (κ1) is 17.9. The van der Waals surface area contributed by atoms with E-state index in [-0.39, 0.29) is 16.9 Å². The van der Waals surface area contributed by atoms with Crippen molar-refractivity contribution in [3.63, 3.8) is 0 Å². The first-order chi connectivity index (χ1) is 11.3. The van der Waals surface area contributed by atoms with Gasteiger partial charge in [0.15, 0.2) is 5.11 Å². The first-order valence-electron chi connectivity index (χ1n) is 7.11. The highest BCUT2D eigenvalue weighted by Gasteiger charge is 2.09. The number of amides is 2. The topological polar surface area (TPSA) is 70.2 Å². The van der Waals surface area contributed by atoms with Gasteiger partial charge in [-0.1, -0.05) is 17.7 Å². The van der Waals surface area contributed by atoms with Crippen LogP contribution in [0.25, 0.3) is 0 Å². The standard InChI is InChI=1S/C17H16ClN3O2S/c1-10-3-8-14(9-15(10)19-11(2)22)20-17(24)21-16(23)12-4-6-13(18)7-5-12/h3-9H,1-2H3,(H,19,22)(H2,20,21,23,24). The van der Waals surface area contributed by atoms with Crippen LogP contribution in [0, 0.1) is 6.92 Å². The predicted octanol–water partition coefficient (Wildman–Crippen LogP) is 3.73. The summed E-state index contributed by atoms with van der Waals surface area (Å²) in [6.07, 6.45) is 0. The zero-order valence-electron chi connectivity index (χ0n) is 13.1. The molecule has 7 heteroatoms. The molecular weight excluding hydrogens is 346 g/mol. The molecule has 0 spiro atoms. The molecule has 0 saturated heterocycles. The van der Waals surface area contributed by atoms with Gasteiger partial charge in [-0.25, -0.2) is 0 Å². The van der Waals surface area contributed by atoms with Crippen molar-refractivity contribution in [3.05, 3.63) is 58.6 Å². The summed E-state index contributed by atoms with van der Waals surface area (Å²) in [6, 6.07) is 11.9. The maximum Gasteiger partial charge on any atom is 0.257 e. The Labute approximate surface area is 150 Å². The quantitative estimate of drug-likeness (QED) is 0.728. The molecule has 0 radical (unpaired) electrons. The van der Waals surface area contributed by atoms with Crippen molar-refractivity contribution in [2.45, 2.75) is 13.8 Å². The lowest BCUT2D eigenvalue weighted by atomic mass is 10.2. The highest BCUT2D eigenvalue weighted by Crippen LogP contribution is 2.20. The van der Waals surface area contributed by atoms with Crippen molar-refractivity contribution < 1.29 is 9.59 Å². The average molecular weight is 362 g/mol. The van der Waals surface area contributed by atoms with E-state index in [4.69, 9.17) is 23.8 Å². The Bertz CT molecular complexity index is 791. The van der Waals surface area contributed by atoms with Gasteiger partial charge in [-0.3, -0.25) is 14.9 Å². The third-order valence-electron chi connectivity index (χ3n) is 3.14. The van der Waals surface area contributed by atoms with Crippen LogP contribution in [0.2, 0.25) is 5.02 Å². The van der Waals surface area contributed by atoms with Crippen LogP contribution in [0.15, 0.2) is 42.5 Å². The van der Waals surface area contributed by atoms with Gasteiger partial charge in [0.2, 0.25) is 5.91 Å². The third-order valence-corrected chi connectivity index (χ3v) is 3.60. The maximum atomic E-state index is 12.1. The molecule has 0 atom stereocenters. The summed E-state index contributed by atoms with van der Waals surface area (Å²) in [5, 5.41) is 8.96. The Morgan fingerprint density at radius 2 is 1.71 bits per heavy atom. The van der Waals surface area contributed by atoms with E-state index in [0.717, 1.165) is 5.56 Å². The fourth-order valence-electron chi connectivity index (χ4n) is 1.96. The van der Waals surface area contributed by atoms with Gasteiger partial charge < -0.3 is 10.6 Å². The summed E-state index contributed by atoms with van der Waals surface area (Å²) in [4.78, 5) is 23.3. The van der Waals surface area contributed by atoms with Gasteiger partial charge >= 0.3 is 0 Å². The monoisotopic (exact) mass is 361 g/mol. The Hall–Kier alpha value is -2.44. The van der Waals surface area contributed by atoms with Gasteiger partial charge in [0.05, 0.1) is 0 Å². The van der Waals surface area contributed by atoms with Gasteiger partial charge in [-0.05, 0) is 61.1 Å². The molecule has 0 aliphatic heterocycles. The number of anilines is 2. The van der Waals surface area contributed by atoms with Crippen molar-refractivity contribution in [1.29, 1.82) is 0 Å². The Kier molecular flexibility index (Phi) is 5.89. The third kappa shape index (κ3) is 5.04. The number of rotatable bonds is 3. The Morgan fingerprint density at radius 1 is 1.04 bits per heavy atom. The number of thiocarbonyl (C=S) groups is 1. The number of carbonyl (C=O) groups is 2. The molecule has 0 heterocycles. The zero-order chi connectivity index (χ0) is 17.7. The number of nitrogens with one attached hydrogen (secondary N) is 3. The minimum Gasteiger partial charge on any atom is -0.332 e. The normalized spacial score (nSPS) is 9.96. The van der Waals surface area contributed by atoms with Gasteiger partial charge in [0.1, 0.15) is 0 Å². The predicted molar refractivity (Wildman–Crippen MR) is 101 cm³/mol.